The van der Waals surface area contributed by atoms with E-state index in [1.165, 1.54) is 6.07 Å². The van der Waals surface area contributed by atoms with Gasteiger partial charge in [0.25, 0.3) is 0 Å². The van der Waals surface area contributed by atoms with Crippen LogP contribution in [0.5, 0.6) is 11.5 Å². The van der Waals surface area contributed by atoms with Gasteiger partial charge in [-0.15, -0.1) is 0 Å². The van der Waals surface area contributed by atoms with Crippen LogP contribution in [0.2, 0.25) is 0 Å². The third-order valence-electron chi connectivity index (χ3n) is 4.32. The van der Waals surface area contributed by atoms with Crippen molar-refractivity contribution in [3.63, 3.8) is 0 Å². The molecular formula is C19H22FNO3. The lowest BCUT2D eigenvalue weighted by Gasteiger charge is -2.19. The summed E-state index contributed by atoms with van der Waals surface area (Å²) in [4.78, 5) is 0. The number of ether oxygens (including phenoxy) is 2. The Balaban J connectivity index is 1.76. The summed E-state index contributed by atoms with van der Waals surface area (Å²) >= 11 is 0. The first-order valence-electron chi connectivity index (χ1n) is 8.13. The van der Waals surface area contributed by atoms with E-state index in [0.717, 1.165) is 35.5 Å². The minimum Gasteiger partial charge on any atom is -0.497 e. The molecular weight excluding hydrogens is 309 g/mol. The Hall–Kier alpha value is -2.11. The van der Waals surface area contributed by atoms with Gasteiger partial charge in [0.2, 0.25) is 0 Å². The molecule has 0 spiro atoms. The topological polar surface area (TPSA) is 50.7 Å². The number of benzene rings is 2. The standard InChI is InChI=1S/C19H22FNO3/c1-23-15-5-6-16-18(3-2-8-24-19(16)10-15)21-11-13-4-7-17(20)14(9-13)12-22/h4-7,9-10,18,21-22H,2-3,8,11-12H2,1H3/t18-/m0/s1. The van der Waals surface area contributed by atoms with Gasteiger partial charge in [-0.3, -0.25) is 0 Å². The fourth-order valence-corrected chi connectivity index (χ4v) is 2.99. The van der Waals surface area contributed by atoms with Gasteiger partial charge in [-0.05, 0) is 36.6 Å². The molecule has 2 N–H and O–H groups in total. The third-order valence-corrected chi connectivity index (χ3v) is 4.32. The molecule has 0 radical (unpaired) electrons. The van der Waals surface area contributed by atoms with Crippen LogP contribution in [-0.2, 0) is 13.2 Å². The molecule has 5 heteroatoms. The van der Waals surface area contributed by atoms with Crippen molar-refractivity contribution in [3.05, 3.63) is 58.9 Å². The van der Waals surface area contributed by atoms with Gasteiger partial charge in [-0.1, -0.05) is 12.1 Å². The van der Waals surface area contributed by atoms with E-state index in [1.807, 2.05) is 18.2 Å². The van der Waals surface area contributed by atoms with Gasteiger partial charge in [0.15, 0.2) is 0 Å². The Kier molecular flexibility index (Phi) is 5.33. The number of fused-ring (bicyclic) bond motifs is 1. The highest BCUT2D eigenvalue weighted by Crippen LogP contribution is 2.34. The molecule has 0 saturated carbocycles. The van der Waals surface area contributed by atoms with E-state index >= 15 is 0 Å². The van der Waals surface area contributed by atoms with Crippen molar-refractivity contribution in [1.29, 1.82) is 0 Å². The van der Waals surface area contributed by atoms with E-state index in [9.17, 15) is 9.50 Å². The summed E-state index contributed by atoms with van der Waals surface area (Å²) in [5.41, 5.74) is 2.38. The maximum Gasteiger partial charge on any atom is 0.128 e. The summed E-state index contributed by atoms with van der Waals surface area (Å²) in [7, 11) is 1.64. The molecule has 24 heavy (non-hydrogen) atoms. The molecule has 0 fully saturated rings. The maximum absolute atomic E-state index is 13.5. The summed E-state index contributed by atoms with van der Waals surface area (Å²) < 4.78 is 24.6. The number of hydrogen-bond donors (Lipinski definition) is 2. The molecule has 0 amide bonds. The van der Waals surface area contributed by atoms with Crippen molar-refractivity contribution in [1.82, 2.24) is 5.32 Å². The highest BCUT2D eigenvalue weighted by atomic mass is 19.1. The lowest BCUT2D eigenvalue weighted by atomic mass is 10.0. The van der Waals surface area contributed by atoms with Crippen LogP contribution in [0.4, 0.5) is 4.39 Å². The van der Waals surface area contributed by atoms with Crippen LogP contribution < -0.4 is 14.8 Å². The molecule has 2 aromatic rings. The third kappa shape index (κ3) is 3.68. The Morgan fingerprint density at radius 1 is 1.29 bits per heavy atom. The second kappa shape index (κ2) is 7.64. The van der Waals surface area contributed by atoms with Crippen LogP contribution in [0.25, 0.3) is 0 Å². The Labute approximate surface area is 141 Å². The summed E-state index contributed by atoms with van der Waals surface area (Å²) in [6.45, 7) is 0.993. The smallest absolute Gasteiger partial charge is 0.128 e. The molecule has 2 aromatic carbocycles. The zero-order valence-corrected chi connectivity index (χ0v) is 13.7. The molecule has 1 heterocycles. The highest BCUT2D eigenvalue weighted by molar-refractivity contribution is 5.43. The number of methoxy groups -OCH3 is 1. The molecule has 3 rings (SSSR count). The number of nitrogens with one attached hydrogen (secondary N) is 1. The molecule has 0 saturated heterocycles. The first-order valence-corrected chi connectivity index (χ1v) is 8.13. The van der Waals surface area contributed by atoms with E-state index in [4.69, 9.17) is 9.47 Å². The van der Waals surface area contributed by atoms with Gasteiger partial charge in [-0.2, -0.15) is 0 Å². The highest BCUT2D eigenvalue weighted by Gasteiger charge is 2.20. The van der Waals surface area contributed by atoms with Crippen LogP contribution >= 0.6 is 0 Å². The molecule has 0 unspecified atom stereocenters. The van der Waals surface area contributed by atoms with Crippen molar-refractivity contribution in [3.8, 4) is 11.5 Å². The molecule has 0 aromatic heterocycles. The predicted octanol–water partition coefficient (Wildman–Crippen LogP) is 3.33. The Bertz CT molecular complexity index is 705. The van der Waals surface area contributed by atoms with Gasteiger partial charge in [-0.25, -0.2) is 4.39 Å². The van der Waals surface area contributed by atoms with Crippen molar-refractivity contribution < 1.29 is 19.0 Å². The zero-order valence-electron chi connectivity index (χ0n) is 13.7. The van der Waals surface area contributed by atoms with Crippen LogP contribution in [0.3, 0.4) is 0 Å². The molecule has 4 nitrogen and oxygen atoms in total. The van der Waals surface area contributed by atoms with Gasteiger partial charge in [0.1, 0.15) is 17.3 Å². The normalized spacial score (nSPS) is 16.9. The fourth-order valence-electron chi connectivity index (χ4n) is 2.99. The van der Waals surface area contributed by atoms with Crippen molar-refractivity contribution in [2.75, 3.05) is 13.7 Å². The second-order valence-electron chi connectivity index (χ2n) is 5.91. The van der Waals surface area contributed by atoms with Crippen molar-refractivity contribution in [2.24, 2.45) is 0 Å². The average molecular weight is 331 g/mol. The molecule has 1 aliphatic rings. The van der Waals surface area contributed by atoms with Gasteiger partial charge in [0.05, 0.1) is 20.3 Å². The Morgan fingerprint density at radius 2 is 2.17 bits per heavy atom. The van der Waals surface area contributed by atoms with Crippen LogP contribution in [-0.4, -0.2) is 18.8 Å². The van der Waals surface area contributed by atoms with Crippen LogP contribution in [0, 0.1) is 5.82 Å². The summed E-state index contributed by atoms with van der Waals surface area (Å²) in [5.74, 6) is 1.25. The fraction of sp³-hybridized carbons (Fsp3) is 0.368. The lowest BCUT2D eigenvalue weighted by Crippen LogP contribution is -2.20. The zero-order chi connectivity index (χ0) is 16.9. The van der Waals surface area contributed by atoms with Gasteiger partial charge in [0, 0.05) is 29.8 Å². The van der Waals surface area contributed by atoms with E-state index in [1.54, 1.807) is 19.2 Å². The summed E-state index contributed by atoms with van der Waals surface area (Å²) in [6, 6.07) is 10.9. The quantitative estimate of drug-likeness (QED) is 0.882. The molecule has 128 valence electrons. The first-order chi connectivity index (χ1) is 11.7. The van der Waals surface area contributed by atoms with Gasteiger partial charge >= 0.3 is 0 Å². The predicted molar refractivity (Wildman–Crippen MR) is 89.6 cm³/mol. The number of halogens is 1. The average Bonchev–Trinajstić information content (AvgIpc) is 2.82. The van der Waals surface area contributed by atoms with Crippen LogP contribution in [0.15, 0.2) is 36.4 Å². The first kappa shape index (κ1) is 16.7. The van der Waals surface area contributed by atoms with E-state index in [2.05, 4.69) is 5.32 Å². The second-order valence-corrected chi connectivity index (χ2v) is 5.91. The number of hydrogen-bond acceptors (Lipinski definition) is 4. The van der Waals surface area contributed by atoms with E-state index in [0.29, 0.717) is 18.7 Å². The molecule has 0 bridgehead atoms. The lowest BCUT2D eigenvalue weighted by molar-refractivity contribution is 0.275. The van der Waals surface area contributed by atoms with E-state index < -0.39 is 0 Å². The largest absolute Gasteiger partial charge is 0.497 e. The molecule has 1 aliphatic heterocycles. The maximum atomic E-state index is 13.5. The van der Waals surface area contributed by atoms with E-state index in [-0.39, 0.29) is 18.5 Å². The summed E-state index contributed by atoms with van der Waals surface area (Å²) in [6.07, 6.45) is 1.92. The van der Waals surface area contributed by atoms with Gasteiger partial charge < -0.3 is 19.9 Å². The summed E-state index contributed by atoms with van der Waals surface area (Å²) in [5, 5.41) is 12.7. The Morgan fingerprint density at radius 3 is 2.96 bits per heavy atom. The van der Waals surface area contributed by atoms with Crippen molar-refractivity contribution in [2.45, 2.75) is 32.0 Å². The SMILES string of the molecule is COc1ccc2c(c1)OCCC[C@@H]2NCc1ccc(F)c(CO)c1. The number of rotatable bonds is 5. The monoisotopic (exact) mass is 331 g/mol. The van der Waals surface area contributed by atoms with Crippen LogP contribution in [0.1, 0.15) is 35.6 Å². The minimum atomic E-state index is -0.374. The molecule has 1 atom stereocenters. The number of aliphatic hydroxyl groups excluding tert-OH is 1. The van der Waals surface area contributed by atoms with Crippen molar-refractivity contribution >= 4 is 0 Å². The molecule has 0 aliphatic carbocycles. The number of aliphatic hydroxyl groups is 1. The minimum absolute atomic E-state index is 0.163.